The number of pyridine rings is 2. The lowest BCUT2D eigenvalue weighted by Crippen LogP contribution is -2.43. The quantitative estimate of drug-likeness (QED) is 0.397. The molecule has 0 unspecified atom stereocenters. The highest BCUT2D eigenvalue weighted by Crippen LogP contribution is 2.28. The average molecular weight is 486 g/mol. The second-order valence-corrected chi connectivity index (χ2v) is 9.65. The summed E-state index contributed by atoms with van der Waals surface area (Å²) in [6, 6.07) is 17.5. The van der Waals surface area contributed by atoms with E-state index in [-0.39, 0.29) is 17.7 Å². The number of hydrogen-bond donors (Lipinski definition) is 1. The van der Waals surface area contributed by atoms with Gasteiger partial charge in [0.05, 0.1) is 11.3 Å². The zero-order valence-corrected chi connectivity index (χ0v) is 20.2. The summed E-state index contributed by atoms with van der Waals surface area (Å²) in [5.74, 6) is 0.683. The molecule has 0 saturated carbocycles. The second kappa shape index (κ2) is 10.7. The van der Waals surface area contributed by atoms with E-state index in [1.165, 1.54) is 0 Å². The normalized spacial score (nSPS) is 14.2. The molecule has 35 heavy (non-hydrogen) atoms. The van der Waals surface area contributed by atoms with Crippen LogP contribution in [0.5, 0.6) is 0 Å². The van der Waals surface area contributed by atoms with Crippen LogP contribution in [0.3, 0.4) is 0 Å². The van der Waals surface area contributed by atoms with E-state index in [1.54, 1.807) is 24.2 Å². The number of hydrogen-bond acceptors (Lipinski definition) is 5. The Morgan fingerprint density at radius 2 is 1.86 bits per heavy atom. The molecule has 0 aliphatic carbocycles. The Hall–Kier alpha value is -3.65. The van der Waals surface area contributed by atoms with Gasteiger partial charge in [-0.25, -0.2) is 4.98 Å². The highest BCUT2D eigenvalue weighted by molar-refractivity contribution is 7.98. The first-order valence-electron chi connectivity index (χ1n) is 11.8. The number of rotatable bonds is 7. The minimum absolute atomic E-state index is 0.0253. The first kappa shape index (κ1) is 23.1. The summed E-state index contributed by atoms with van der Waals surface area (Å²) < 4.78 is 2.00. The van der Waals surface area contributed by atoms with E-state index in [1.807, 2.05) is 76.3 Å². The van der Waals surface area contributed by atoms with Gasteiger partial charge in [0.2, 0.25) is 5.91 Å². The van der Waals surface area contributed by atoms with E-state index in [0.717, 1.165) is 21.8 Å². The Balaban J connectivity index is 1.17. The summed E-state index contributed by atoms with van der Waals surface area (Å²) in [4.78, 5) is 37.5. The van der Waals surface area contributed by atoms with Gasteiger partial charge in [0.15, 0.2) is 0 Å². The lowest BCUT2D eigenvalue weighted by Gasteiger charge is -2.31. The van der Waals surface area contributed by atoms with Gasteiger partial charge in [0, 0.05) is 61.0 Å². The SMILES string of the molecule is O=C(NCc1cccnc1)C1CCN(C(=O)c2ccccc2SCc2cn3ccccc3n2)CC1. The van der Waals surface area contributed by atoms with Crippen molar-refractivity contribution < 1.29 is 9.59 Å². The smallest absolute Gasteiger partial charge is 0.254 e. The van der Waals surface area contributed by atoms with Gasteiger partial charge >= 0.3 is 0 Å². The summed E-state index contributed by atoms with van der Waals surface area (Å²) in [5, 5.41) is 3.00. The van der Waals surface area contributed by atoms with E-state index in [0.29, 0.717) is 43.8 Å². The van der Waals surface area contributed by atoms with Crippen LogP contribution in [-0.2, 0) is 17.1 Å². The monoisotopic (exact) mass is 485 g/mol. The summed E-state index contributed by atoms with van der Waals surface area (Å²) >= 11 is 1.63. The molecule has 1 aromatic carbocycles. The van der Waals surface area contributed by atoms with Gasteiger partial charge in [-0.15, -0.1) is 11.8 Å². The molecule has 1 aliphatic rings. The fourth-order valence-corrected chi connectivity index (χ4v) is 5.26. The predicted octanol–water partition coefficient (Wildman–Crippen LogP) is 4.19. The highest BCUT2D eigenvalue weighted by atomic mass is 32.2. The third-order valence-electron chi connectivity index (χ3n) is 6.25. The molecule has 0 radical (unpaired) electrons. The number of thioether (sulfide) groups is 1. The van der Waals surface area contributed by atoms with Crippen LogP contribution in [0.4, 0.5) is 0 Å². The number of likely N-dealkylation sites (tertiary alicyclic amines) is 1. The minimum Gasteiger partial charge on any atom is -0.352 e. The van der Waals surface area contributed by atoms with Crippen LogP contribution in [0, 0.1) is 5.92 Å². The van der Waals surface area contributed by atoms with Crippen LogP contribution in [0.2, 0.25) is 0 Å². The lowest BCUT2D eigenvalue weighted by molar-refractivity contribution is -0.126. The maximum absolute atomic E-state index is 13.3. The Morgan fingerprint density at radius 1 is 1.03 bits per heavy atom. The fraction of sp³-hybridized carbons (Fsp3) is 0.259. The largest absolute Gasteiger partial charge is 0.352 e. The van der Waals surface area contributed by atoms with Gasteiger partial charge in [0.1, 0.15) is 5.65 Å². The van der Waals surface area contributed by atoms with Crippen molar-refractivity contribution in [3.8, 4) is 0 Å². The number of fused-ring (bicyclic) bond motifs is 1. The molecule has 1 N–H and O–H groups in total. The van der Waals surface area contributed by atoms with Crippen LogP contribution in [0.1, 0.15) is 34.5 Å². The maximum atomic E-state index is 13.3. The topological polar surface area (TPSA) is 79.6 Å². The molecule has 4 aromatic rings. The van der Waals surface area contributed by atoms with Gasteiger partial charge in [-0.3, -0.25) is 14.6 Å². The number of amides is 2. The Morgan fingerprint density at radius 3 is 2.66 bits per heavy atom. The van der Waals surface area contributed by atoms with Crippen molar-refractivity contribution in [1.29, 1.82) is 0 Å². The minimum atomic E-state index is -0.0737. The van der Waals surface area contributed by atoms with Gasteiger partial charge < -0.3 is 14.6 Å². The molecule has 3 aromatic heterocycles. The maximum Gasteiger partial charge on any atom is 0.254 e. The summed E-state index contributed by atoms with van der Waals surface area (Å²) in [5.41, 5.74) is 3.58. The van der Waals surface area contributed by atoms with E-state index in [4.69, 9.17) is 0 Å². The molecule has 1 saturated heterocycles. The van der Waals surface area contributed by atoms with Crippen molar-refractivity contribution in [2.24, 2.45) is 5.92 Å². The summed E-state index contributed by atoms with van der Waals surface area (Å²) in [6.07, 6.45) is 8.82. The van der Waals surface area contributed by atoms with E-state index >= 15 is 0 Å². The molecule has 8 heteroatoms. The molecule has 1 aliphatic heterocycles. The number of aromatic nitrogens is 3. The molecule has 1 fully saturated rings. The highest BCUT2D eigenvalue weighted by Gasteiger charge is 2.28. The number of imidazole rings is 1. The predicted molar refractivity (Wildman–Crippen MR) is 136 cm³/mol. The number of nitrogens with zero attached hydrogens (tertiary/aromatic N) is 4. The van der Waals surface area contributed by atoms with E-state index < -0.39 is 0 Å². The molecular weight excluding hydrogens is 458 g/mol. The molecule has 178 valence electrons. The van der Waals surface area contributed by atoms with E-state index in [9.17, 15) is 9.59 Å². The number of carbonyl (C=O) groups excluding carboxylic acids is 2. The molecule has 4 heterocycles. The van der Waals surface area contributed by atoms with Crippen molar-refractivity contribution in [1.82, 2.24) is 24.6 Å². The Bertz CT molecular complexity index is 1280. The molecular formula is C27H27N5O2S. The van der Waals surface area contributed by atoms with Crippen molar-refractivity contribution in [3.63, 3.8) is 0 Å². The zero-order chi connectivity index (χ0) is 24.0. The first-order chi connectivity index (χ1) is 17.2. The third-order valence-corrected chi connectivity index (χ3v) is 7.36. The molecule has 5 rings (SSSR count). The van der Waals surface area contributed by atoms with Crippen LogP contribution in [-0.4, -0.2) is 44.2 Å². The van der Waals surface area contributed by atoms with Gasteiger partial charge in [-0.2, -0.15) is 0 Å². The Kier molecular flexibility index (Phi) is 7.09. The number of benzene rings is 1. The van der Waals surface area contributed by atoms with Crippen LogP contribution < -0.4 is 5.32 Å². The van der Waals surface area contributed by atoms with Crippen LogP contribution in [0.25, 0.3) is 5.65 Å². The first-order valence-corrected chi connectivity index (χ1v) is 12.8. The molecule has 0 bridgehead atoms. The average Bonchev–Trinajstić information content (AvgIpc) is 3.34. The molecule has 7 nitrogen and oxygen atoms in total. The number of nitrogens with one attached hydrogen (secondary N) is 1. The van der Waals surface area contributed by atoms with Gasteiger partial charge in [-0.05, 0) is 48.7 Å². The number of carbonyl (C=O) groups is 2. The molecule has 0 atom stereocenters. The lowest BCUT2D eigenvalue weighted by atomic mass is 9.95. The second-order valence-electron chi connectivity index (χ2n) is 8.63. The summed E-state index contributed by atoms with van der Waals surface area (Å²) in [7, 11) is 0. The van der Waals surface area contributed by atoms with Crippen molar-refractivity contribution in [2.45, 2.75) is 30.0 Å². The Labute approximate surface area is 208 Å². The van der Waals surface area contributed by atoms with Gasteiger partial charge in [0.25, 0.3) is 5.91 Å². The van der Waals surface area contributed by atoms with E-state index in [2.05, 4.69) is 15.3 Å². The molecule has 2 amide bonds. The van der Waals surface area contributed by atoms with Crippen molar-refractivity contribution in [3.05, 3.63) is 96.2 Å². The van der Waals surface area contributed by atoms with Crippen LogP contribution >= 0.6 is 11.8 Å². The van der Waals surface area contributed by atoms with Crippen molar-refractivity contribution in [2.75, 3.05) is 13.1 Å². The standard InChI is InChI=1S/C27H27N5O2S/c33-26(29-17-20-6-5-12-28-16-20)21-10-14-31(15-11-21)27(34)23-7-1-2-8-24(23)35-19-22-18-32-13-4-3-9-25(32)30-22/h1-9,12-13,16,18,21H,10-11,14-15,17,19H2,(H,29,33). The third kappa shape index (κ3) is 5.54. The fourth-order valence-electron chi connectivity index (χ4n) is 4.33. The number of piperidine rings is 1. The van der Waals surface area contributed by atoms with Crippen LogP contribution in [0.15, 0.2) is 84.3 Å². The zero-order valence-electron chi connectivity index (χ0n) is 19.3. The van der Waals surface area contributed by atoms with Crippen molar-refractivity contribution >= 4 is 29.2 Å². The molecule has 0 spiro atoms. The summed E-state index contributed by atoms with van der Waals surface area (Å²) in [6.45, 7) is 1.63. The van der Waals surface area contributed by atoms with Gasteiger partial charge in [-0.1, -0.05) is 24.3 Å².